The molecule has 2 heterocycles. The van der Waals surface area contributed by atoms with E-state index in [0.717, 1.165) is 11.7 Å². The summed E-state index contributed by atoms with van der Waals surface area (Å²) in [5, 5.41) is 7.02. The highest BCUT2D eigenvalue weighted by molar-refractivity contribution is 8.00. The van der Waals surface area contributed by atoms with Crippen molar-refractivity contribution in [1.29, 1.82) is 0 Å². The molecule has 2 saturated heterocycles. The zero-order valence-electron chi connectivity index (χ0n) is 12.9. The van der Waals surface area contributed by atoms with Gasteiger partial charge >= 0.3 is 0 Å². The molecule has 2 aliphatic heterocycles. The SMILES string of the molecule is CCC(=NOC)[C@H]1[C@@H](c2ccc(Cl)c(Cl)c2)CC2CC[C@H]1S2. The maximum atomic E-state index is 6.25. The number of fused-ring (bicyclic) bond motifs is 2. The molecule has 1 unspecified atom stereocenters. The van der Waals surface area contributed by atoms with Gasteiger partial charge in [0.2, 0.25) is 0 Å². The Hall–Kier alpha value is -0.380. The van der Waals surface area contributed by atoms with Crippen molar-refractivity contribution < 1.29 is 4.84 Å². The molecule has 2 bridgehead atoms. The first-order valence-corrected chi connectivity index (χ1v) is 9.54. The van der Waals surface area contributed by atoms with E-state index >= 15 is 0 Å². The van der Waals surface area contributed by atoms with Crippen molar-refractivity contribution in [2.24, 2.45) is 11.1 Å². The Morgan fingerprint density at radius 2 is 2.14 bits per heavy atom. The lowest BCUT2D eigenvalue weighted by Gasteiger charge is -2.37. The van der Waals surface area contributed by atoms with Crippen LogP contribution in [-0.4, -0.2) is 23.3 Å². The van der Waals surface area contributed by atoms with Gasteiger partial charge in [0.1, 0.15) is 7.11 Å². The quantitative estimate of drug-likeness (QED) is 0.503. The minimum absolute atomic E-state index is 0.436. The highest BCUT2D eigenvalue weighted by Gasteiger charge is 2.45. The Morgan fingerprint density at radius 3 is 2.82 bits per heavy atom. The molecule has 3 rings (SSSR count). The van der Waals surface area contributed by atoms with Crippen LogP contribution in [0, 0.1) is 5.92 Å². The number of thioether (sulfide) groups is 1. The minimum Gasteiger partial charge on any atom is -0.399 e. The maximum Gasteiger partial charge on any atom is 0.106 e. The lowest BCUT2D eigenvalue weighted by molar-refractivity contribution is 0.209. The number of benzene rings is 1. The van der Waals surface area contributed by atoms with Crippen LogP contribution < -0.4 is 0 Å². The summed E-state index contributed by atoms with van der Waals surface area (Å²) >= 11 is 14.5. The molecule has 2 nitrogen and oxygen atoms in total. The van der Waals surface area contributed by atoms with E-state index in [1.54, 1.807) is 7.11 Å². The second kappa shape index (κ2) is 7.02. The highest BCUT2D eigenvalue weighted by Crippen LogP contribution is 2.53. The molecule has 22 heavy (non-hydrogen) atoms. The van der Waals surface area contributed by atoms with Crippen molar-refractivity contribution in [2.75, 3.05) is 7.11 Å². The fourth-order valence-corrected chi connectivity index (χ4v) is 6.05. The summed E-state index contributed by atoms with van der Waals surface area (Å²) in [5.41, 5.74) is 2.46. The van der Waals surface area contributed by atoms with Crippen LogP contribution in [0.15, 0.2) is 23.4 Å². The van der Waals surface area contributed by atoms with Gasteiger partial charge < -0.3 is 4.84 Å². The summed E-state index contributed by atoms with van der Waals surface area (Å²) in [6.45, 7) is 2.16. The van der Waals surface area contributed by atoms with E-state index in [1.807, 2.05) is 12.1 Å². The number of rotatable bonds is 4. The molecule has 2 fully saturated rings. The molecule has 1 aromatic rings. The summed E-state index contributed by atoms with van der Waals surface area (Å²) in [4.78, 5) is 5.11. The topological polar surface area (TPSA) is 21.6 Å². The highest BCUT2D eigenvalue weighted by atomic mass is 35.5. The lowest BCUT2D eigenvalue weighted by Crippen LogP contribution is -2.34. The second-order valence-electron chi connectivity index (χ2n) is 6.03. The maximum absolute atomic E-state index is 6.25. The first kappa shape index (κ1) is 16.5. The molecular formula is C17H21Cl2NOS. The summed E-state index contributed by atoms with van der Waals surface area (Å²) in [6, 6.07) is 6.08. The van der Waals surface area contributed by atoms with Gasteiger partial charge in [-0.15, -0.1) is 0 Å². The van der Waals surface area contributed by atoms with Crippen LogP contribution >= 0.6 is 35.0 Å². The molecular weight excluding hydrogens is 337 g/mol. The predicted octanol–water partition coefficient (Wildman–Crippen LogP) is 5.77. The van der Waals surface area contributed by atoms with E-state index in [-0.39, 0.29) is 0 Å². The van der Waals surface area contributed by atoms with Crippen LogP contribution in [-0.2, 0) is 4.84 Å². The molecule has 0 aromatic heterocycles. The Balaban J connectivity index is 1.98. The third-order valence-corrected chi connectivity index (χ3v) is 7.25. The molecule has 2 aliphatic rings. The molecule has 1 aromatic carbocycles. The van der Waals surface area contributed by atoms with Crippen LogP contribution in [0.5, 0.6) is 0 Å². The van der Waals surface area contributed by atoms with Gasteiger partial charge in [-0.1, -0.05) is 41.3 Å². The zero-order valence-corrected chi connectivity index (χ0v) is 15.2. The Morgan fingerprint density at radius 1 is 1.32 bits per heavy atom. The van der Waals surface area contributed by atoms with Crippen molar-refractivity contribution >= 4 is 40.7 Å². The third-order valence-electron chi connectivity index (χ3n) is 4.82. The molecule has 0 N–H and O–H groups in total. The van der Waals surface area contributed by atoms with Gasteiger partial charge in [0.25, 0.3) is 0 Å². The minimum atomic E-state index is 0.436. The van der Waals surface area contributed by atoms with Crippen molar-refractivity contribution in [1.82, 2.24) is 0 Å². The lowest BCUT2D eigenvalue weighted by atomic mass is 9.78. The Bertz CT molecular complexity index is 578. The van der Waals surface area contributed by atoms with Crippen LogP contribution in [0.1, 0.15) is 44.1 Å². The van der Waals surface area contributed by atoms with Crippen molar-refractivity contribution in [3.8, 4) is 0 Å². The van der Waals surface area contributed by atoms with Crippen LogP contribution in [0.2, 0.25) is 10.0 Å². The smallest absolute Gasteiger partial charge is 0.106 e. The number of oxime groups is 1. The van der Waals surface area contributed by atoms with Crippen LogP contribution in [0.4, 0.5) is 0 Å². The Kier molecular flexibility index (Phi) is 5.26. The Labute approximate surface area is 146 Å². The summed E-state index contributed by atoms with van der Waals surface area (Å²) < 4.78 is 0. The van der Waals surface area contributed by atoms with Gasteiger partial charge in [-0.2, -0.15) is 11.8 Å². The summed E-state index contributed by atoms with van der Waals surface area (Å²) in [5.74, 6) is 0.897. The van der Waals surface area contributed by atoms with Crippen molar-refractivity contribution in [2.45, 2.75) is 49.0 Å². The van der Waals surface area contributed by atoms with Gasteiger partial charge in [-0.25, -0.2) is 0 Å². The van der Waals surface area contributed by atoms with Gasteiger partial charge in [0, 0.05) is 16.4 Å². The summed E-state index contributed by atoms with van der Waals surface area (Å²) in [7, 11) is 1.64. The molecule has 120 valence electrons. The normalized spacial score (nSPS) is 31.4. The van der Waals surface area contributed by atoms with E-state index in [0.29, 0.717) is 27.1 Å². The first-order valence-electron chi connectivity index (χ1n) is 7.84. The van der Waals surface area contributed by atoms with Gasteiger partial charge in [-0.05, 0) is 49.3 Å². The van der Waals surface area contributed by atoms with E-state index in [2.05, 4.69) is 29.9 Å². The summed E-state index contributed by atoms with van der Waals surface area (Å²) in [6.07, 6.45) is 4.71. The fourth-order valence-electron chi connectivity index (χ4n) is 3.87. The fraction of sp³-hybridized carbons (Fsp3) is 0.588. The molecule has 0 saturated carbocycles. The average molecular weight is 358 g/mol. The molecule has 5 heteroatoms. The zero-order chi connectivity index (χ0) is 15.7. The van der Waals surface area contributed by atoms with E-state index in [4.69, 9.17) is 28.0 Å². The van der Waals surface area contributed by atoms with E-state index < -0.39 is 0 Å². The first-order chi connectivity index (χ1) is 10.6. The standard InChI is InChI=1S/C17H21Cl2NOS/c1-3-15(20-21-2)17-12(9-11-5-7-16(17)22-11)10-4-6-13(18)14(19)8-10/h4,6,8,11-12,16-17H,3,5,7,9H2,1-2H3/t11?,12-,16-,17-/m1/s1. The number of halogens is 2. The predicted molar refractivity (Wildman–Crippen MR) is 96.4 cm³/mol. The molecule has 0 spiro atoms. The molecule has 0 amide bonds. The van der Waals surface area contributed by atoms with Crippen molar-refractivity contribution in [3.63, 3.8) is 0 Å². The average Bonchev–Trinajstić information content (AvgIpc) is 2.90. The van der Waals surface area contributed by atoms with E-state index in [1.165, 1.54) is 30.5 Å². The molecule has 0 radical (unpaired) electrons. The second-order valence-corrected chi connectivity index (χ2v) is 8.39. The number of hydrogen-bond acceptors (Lipinski definition) is 3. The molecule has 0 aliphatic carbocycles. The van der Waals surface area contributed by atoms with Gasteiger partial charge in [0.05, 0.1) is 15.8 Å². The van der Waals surface area contributed by atoms with Gasteiger partial charge in [0.15, 0.2) is 0 Å². The molecule has 4 atom stereocenters. The van der Waals surface area contributed by atoms with Crippen LogP contribution in [0.3, 0.4) is 0 Å². The van der Waals surface area contributed by atoms with E-state index in [9.17, 15) is 0 Å². The largest absolute Gasteiger partial charge is 0.399 e. The van der Waals surface area contributed by atoms with Crippen LogP contribution in [0.25, 0.3) is 0 Å². The monoisotopic (exact) mass is 357 g/mol. The van der Waals surface area contributed by atoms with Gasteiger partial charge in [-0.3, -0.25) is 0 Å². The third kappa shape index (κ3) is 3.13. The number of hydrogen-bond donors (Lipinski definition) is 0. The number of nitrogens with zero attached hydrogens (tertiary/aromatic N) is 1. The van der Waals surface area contributed by atoms with Crippen molar-refractivity contribution in [3.05, 3.63) is 33.8 Å².